The van der Waals surface area contributed by atoms with E-state index in [0.29, 0.717) is 25.1 Å². The van der Waals surface area contributed by atoms with Gasteiger partial charge < -0.3 is 9.84 Å². The topological polar surface area (TPSA) is 35.9 Å². The molecule has 0 saturated carbocycles. The Morgan fingerprint density at radius 1 is 1.11 bits per heavy atom. The minimum atomic E-state index is -0.420. The third-order valence-electron chi connectivity index (χ3n) is 5.40. The maximum absolute atomic E-state index is 14.0. The summed E-state index contributed by atoms with van der Waals surface area (Å²) in [5.74, 6) is 0.0747. The highest BCUT2D eigenvalue weighted by molar-refractivity contribution is 5.36. The lowest BCUT2D eigenvalue weighted by Gasteiger charge is -2.41. The van der Waals surface area contributed by atoms with Crippen molar-refractivity contribution in [2.45, 2.75) is 32.5 Å². The molecule has 1 N–H and O–H groups in total. The quantitative estimate of drug-likeness (QED) is 0.787. The maximum atomic E-state index is 14.0. The number of aliphatic hydroxyl groups is 1. The van der Waals surface area contributed by atoms with Crippen LogP contribution in [0.3, 0.4) is 0 Å². The fraction of sp³-hybridized carbons (Fsp3) is 0.455. The van der Waals surface area contributed by atoms with Crippen LogP contribution in [0.15, 0.2) is 36.4 Å². The molecule has 1 atom stereocenters. The van der Waals surface area contributed by atoms with E-state index in [1.54, 1.807) is 7.11 Å². The van der Waals surface area contributed by atoms with Gasteiger partial charge in [0.05, 0.1) is 7.11 Å². The van der Waals surface area contributed by atoms with Crippen molar-refractivity contribution in [3.05, 3.63) is 64.7 Å². The average Bonchev–Trinajstić information content (AvgIpc) is 2.67. The molecule has 0 aromatic heterocycles. The lowest BCUT2D eigenvalue weighted by atomic mass is 10.0. The predicted molar refractivity (Wildman–Crippen MR) is 105 cm³/mol. The second kappa shape index (κ2) is 9.45. The van der Waals surface area contributed by atoms with Gasteiger partial charge in [-0.1, -0.05) is 12.1 Å². The van der Waals surface area contributed by atoms with E-state index >= 15 is 0 Å². The number of ether oxygens (including phenoxy) is 1. The molecule has 1 unspecified atom stereocenters. The van der Waals surface area contributed by atoms with E-state index in [1.807, 2.05) is 13.0 Å². The Balaban J connectivity index is 1.67. The van der Waals surface area contributed by atoms with E-state index in [4.69, 9.17) is 4.74 Å². The zero-order valence-corrected chi connectivity index (χ0v) is 16.5. The first-order chi connectivity index (χ1) is 13.5. The zero-order chi connectivity index (χ0) is 20.1. The Morgan fingerprint density at radius 2 is 1.93 bits per heavy atom. The number of aryl methyl sites for hydroxylation is 1. The molecule has 3 rings (SSSR count). The molecule has 1 fully saturated rings. The molecule has 2 aromatic carbocycles. The van der Waals surface area contributed by atoms with Crippen molar-refractivity contribution in [3.8, 4) is 5.75 Å². The molecule has 0 amide bonds. The van der Waals surface area contributed by atoms with Gasteiger partial charge >= 0.3 is 0 Å². The van der Waals surface area contributed by atoms with Gasteiger partial charge in [0.25, 0.3) is 0 Å². The molecule has 28 heavy (non-hydrogen) atoms. The third-order valence-corrected chi connectivity index (χ3v) is 5.40. The smallest absolute Gasteiger partial charge is 0.127 e. The molecule has 1 aliphatic heterocycles. The van der Waals surface area contributed by atoms with Crippen molar-refractivity contribution in [2.24, 2.45) is 0 Å². The van der Waals surface area contributed by atoms with Crippen LogP contribution in [0.1, 0.15) is 23.1 Å². The summed E-state index contributed by atoms with van der Waals surface area (Å²) in [5.41, 5.74) is 2.67. The Labute approximate surface area is 165 Å². The molecular weight excluding hydrogens is 362 g/mol. The lowest BCUT2D eigenvalue weighted by Crippen LogP contribution is -2.52. The fourth-order valence-corrected chi connectivity index (χ4v) is 3.91. The number of rotatable bonds is 7. The number of nitrogens with zero attached hydrogens (tertiary/aromatic N) is 2. The van der Waals surface area contributed by atoms with Crippen LogP contribution in [-0.2, 0) is 13.1 Å². The van der Waals surface area contributed by atoms with Crippen LogP contribution in [0.25, 0.3) is 0 Å². The van der Waals surface area contributed by atoms with E-state index in [9.17, 15) is 13.9 Å². The maximum Gasteiger partial charge on any atom is 0.127 e. The molecule has 6 heteroatoms. The number of aliphatic hydroxyl groups excluding tert-OH is 1. The number of methoxy groups -OCH3 is 1. The van der Waals surface area contributed by atoms with E-state index < -0.39 is 5.82 Å². The molecule has 152 valence electrons. The van der Waals surface area contributed by atoms with E-state index in [1.165, 1.54) is 17.7 Å². The molecule has 1 saturated heterocycles. The molecular formula is C22H28F2N2O2. The average molecular weight is 390 g/mol. The normalized spacial score (nSPS) is 18.4. The minimum Gasteiger partial charge on any atom is -0.496 e. The second-order valence-electron chi connectivity index (χ2n) is 7.41. The largest absolute Gasteiger partial charge is 0.496 e. The molecule has 0 radical (unpaired) electrons. The van der Waals surface area contributed by atoms with Gasteiger partial charge in [-0.3, -0.25) is 9.80 Å². The number of halogens is 2. The van der Waals surface area contributed by atoms with Crippen molar-refractivity contribution >= 4 is 0 Å². The highest BCUT2D eigenvalue weighted by Gasteiger charge is 2.27. The van der Waals surface area contributed by atoms with Gasteiger partial charge in [-0.2, -0.15) is 0 Å². The van der Waals surface area contributed by atoms with Crippen LogP contribution in [0.4, 0.5) is 8.78 Å². The number of benzene rings is 2. The first-order valence-corrected chi connectivity index (χ1v) is 9.65. The molecule has 0 bridgehead atoms. The monoisotopic (exact) mass is 390 g/mol. The van der Waals surface area contributed by atoms with Gasteiger partial charge in [-0.25, -0.2) is 8.78 Å². The number of hydrogen-bond donors (Lipinski definition) is 1. The molecule has 2 aromatic rings. The molecule has 0 spiro atoms. The van der Waals surface area contributed by atoms with Gasteiger partial charge in [0.15, 0.2) is 0 Å². The predicted octanol–water partition coefficient (Wildman–Crippen LogP) is 3.35. The minimum absolute atomic E-state index is 0.102. The first kappa shape index (κ1) is 20.7. The van der Waals surface area contributed by atoms with Gasteiger partial charge in [0.1, 0.15) is 17.4 Å². The molecule has 4 nitrogen and oxygen atoms in total. The number of piperazine rings is 1. The summed E-state index contributed by atoms with van der Waals surface area (Å²) >= 11 is 0. The summed E-state index contributed by atoms with van der Waals surface area (Å²) in [6.07, 6.45) is 0.650. The third kappa shape index (κ3) is 5.07. The van der Waals surface area contributed by atoms with Crippen LogP contribution in [-0.4, -0.2) is 54.3 Å². The highest BCUT2D eigenvalue weighted by atomic mass is 19.1. The van der Waals surface area contributed by atoms with Crippen molar-refractivity contribution in [2.75, 3.05) is 33.4 Å². The van der Waals surface area contributed by atoms with Crippen molar-refractivity contribution < 1.29 is 18.6 Å². The Bertz CT molecular complexity index is 800. The first-order valence-electron chi connectivity index (χ1n) is 9.65. The van der Waals surface area contributed by atoms with Crippen LogP contribution in [0.5, 0.6) is 5.75 Å². The Morgan fingerprint density at radius 3 is 2.64 bits per heavy atom. The van der Waals surface area contributed by atoms with E-state index in [0.717, 1.165) is 37.0 Å². The second-order valence-corrected chi connectivity index (χ2v) is 7.41. The van der Waals surface area contributed by atoms with Crippen LogP contribution in [0, 0.1) is 18.6 Å². The summed E-state index contributed by atoms with van der Waals surface area (Å²) in [6.45, 7) is 5.59. The summed E-state index contributed by atoms with van der Waals surface area (Å²) in [7, 11) is 1.67. The van der Waals surface area contributed by atoms with Gasteiger partial charge in [0.2, 0.25) is 0 Å². The van der Waals surface area contributed by atoms with Crippen molar-refractivity contribution in [3.63, 3.8) is 0 Å². The standard InChI is InChI=1S/C22H28F2N2O2/c1-16-11-17(3-6-22(16)28-2)13-26-9-8-25(15-20(26)7-10-27)14-18-12-19(23)4-5-21(18)24/h3-6,11-12,20,27H,7-10,13-15H2,1-2H3. The lowest BCUT2D eigenvalue weighted by molar-refractivity contribution is 0.0494. The molecule has 1 aliphatic rings. The van der Waals surface area contributed by atoms with Crippen molar-refractivity contribution in [1.82, 2.24) is 9.80 Å². The van der Waals surface area contributed by atoms with Crippen molar-refractivity contribution in [1.29, 1.82) is 0 Å². The Kier molecular flexibility index (Phi) is 6.99. The van der Waals surface area contributed by atoms with E-state index in [2.05, 4.69) is 21.9 Å². The summed E-state index contributed by atoms with van der Waals surface area (Å²) in [5, 5.41) is 9.50. The summed E-state index contributed by atoms with van der Waals surface area (Å²) in [4.78, 5) is 4.49. The van der Waals surface area contributed by atoms with Crippen LogP contribution in [0.2, 0.25) is 0 Å². The van der Waals surface area contributed by atoms with Gasteiger partial charge in [-0.15, -0.1) is 0 Å². The van der Waals surface area contributed by atoms with Crippen LogP contribution >= 0.6 is 0 Å². The fourth-order valence-electron chi connectivity index (χ4n) is 3.91. The Hall–Kier alpha value is -2.02. The highest BCUT2D eigenvalue weighted by Crippen LogP contribution is 2.23. The number of hydrogen-bond acceptors (Lipinski definition) is 4. The van der Waals surface area contributed by atoms with Gasteiger partial charge in [0, 0.05) is 50.9 Å². The molecule has 0 aliphatic carbocycles. The summed E-state index contributed by atoms with van der Waals surface area (Å²) < 4.78 is 32.8. The SMILES string of the molecule is COc1ccc(CN2CCN(Cc3cc(F)ccc3F)CC2CCO)cc1C. The van der Waals surface area contributed by atoms with E-state index in [-0.39, 0.29) is 18.5 Å². The zero-order valence-electron chi connectivity index (χ0n) is 16.5. The molecule has 1 heterocycles. The van der Waals surface area contributed by atoms with Gasteiger partial charge in [-0.05, 0) is 48.7 Å². The van der Waals surface area contributed by atoms with Crippen LogP contribution < -0.4 is 4.74 Å². The summed E-state index contributed by atoms with van der Waals surface area (Å²) in [6, 6.07) is 9.93.